The third-order valence-electron chi connectivity index (χ3n) is 2.58. The Hall–Kier alpha value is -0.850. The number of hydrogen-bond donors (Lipinski definition) is 1. The number of nitrogens with zero attached hydrogens (tertiary/aromatic N) is 1. The quantitative estimate of drug-likeness (QED) is 0.888. The summed E-state index contributed by atoms with van der Waals surface area (Å²) in [5.74, 6) is 0. The van der Waals surface area contributed by atoms with Gasteiger partial charge in [-0.15, -0.1) is 0 Å². The minimum Gasteiger partial charge on any atom is -0.392 e. The van der Waals surface area contributed by atoms with E-state index in [1.54, 1.807) is 31.2 Å². The smallest absolute Gasteiger partial charge is 0.284 e. The SMILES string of the molecule is CC(O)C(C)SC1=NS(=O)(=O)c2ccccc21. The van der Waals surface area contributed by atoms with Gasteiger partial charge in [-0.1, -0.05) is 36.9 Å². The van der Waals surface area contributed by atoms with Crippen molar-refractivity contribution >= 4 is 26.8 Å². The zero-order chi connectivity index (χ0) is 12.6. The lowest BCUT2D eigenvalue weighted by Gasteiger charge is -2.13. The lowest BCUT2D eigenvalue weighted by molar-refractivity contribution is 0.196. The summed E-state index contributed by atoms with van der Waals surface area (Å²) in [6, 6.07) is 6.75. The molecule has 2 atom stereocenters. The molecule has 0 spiro atoms. The predicted octanol–water partition coefficient (Wildman–Crippen LogP) is 1.64. The fourth-order valence-electron chi connectivity index (χ4n) is 1.44. The molecule has 0 radical (unpaired) electrons. The van der Waals surface area contributed by atoms with Crippen LogP contribution >= 0.6 is 11.8 Å². The van der Waals surface area contributed by atoms with Gasteiger partial charge in [-0.05, 0) is 13.0 Å². The molecule has 0 bridgehead atoms. The first-order valence-electron chi connectivity index (χ1n) is 5.21. The fraction of sp³-hybridized carbons (Fsp3) is 0.364. The third-order valence-corrected chi connectivity index (χ3v) is 5.33. The number of benzene rings is 1. The minimum atomic E-state index is -3.54. The van der Waals surface area contributed by atoms with Crippen molar-refractivity contribution in [2.75, 3.05) is 0 Å². The molecule has 0 fully saturated rings. The highest BCUT2D eigenvalue weighted by atomic mass is 32.2. The van der Waals surface area contributed by atoms with Crippen LogP contribution in [0.4, 0.5) is 0 Å². The van der Waals surface area contributed by atoms with E-state index in [2.05, 4.69) is 4.40 Å². The van der Waals surface area contributed by atoms with Crippen molar-refractivity contribution in [3.05, 3.63) is 29.8 Å². The Morgan fingerprint density at radius 1 is 1.29 bits per heavy atom. The first kappa shape index (κ1) is 12.6. The number of rotatable bonds is 2. The second-order valence-electron chi connectivity index (χ2n) is 3.93. The maximum absolute atomic E-state index is 11.8. The molecule has 92 valence electrons. The van der Waals surface area contributed by atoms with Crippen LogP contribution in [0.2, 0.25) is 0 Å². The molecule has 1 aliphatic rings. The average Bonchev–Trinajstić information content (AvgIpc) is 2.51. The fourth-order valence-corrected chi connectivity index (χ4v) is 3.93. The van der Waals surface area contributed by atoms with Crippen LogP contribution in [0.3, 0.4) is 0 Å². The summed E-state index contributed by atoms with van der Waals surface area (Å²) in [7, 11) is -3.54. The second kappa shape index (κ2) is 4.44. The van der Waals surface area contributed by atoms with Gasteiger partial charge >= 0.3 is 0 Å². The van der Waals surface area contributed by atoms with E-state index in [0.717, 1.165) is 0 Å². The van der Waals surface area contributed by atoms with Crippen LogP contribution in [0.25, 0.3) is 0 Å². The van der Waals surface area contributed by atoms with Gasteiger partial charge < -0.3 is 5.11 Å². The standard InChI is InChI=1S/C11H13NO3S2/c1-7(13)8(2)16-11-9-5-3-4-6-10(9)17(14,15)12-11/h3-8,13H,1-2H3. The van der Waals surface area contributed by atoms with E-state index in [4.69, 9.17) is 0 Å². The van der Waals surface area contributed by atoms with Crippen molar-refractivity contribution in [3.63, 3.8) is 0 Å². The first-order chi connectivity index (χ1) is 7.92. The van der Waals surface area contributed by atoms with Gasteiger partial charge in [-0.2, -0.15) is 12.8 Å². The molecule has 4 nitrogen and oxygen atoms in total. The van der Waals surface area contributed by atoms with Crippen molar-refractivity contribution < 1.29 is 13.5 Å². The second-order valence-corrected chi connectivity index (χ2v) is 6.87. The summed E-state index contributed by atoms with van der Waals surface area (Å²) < 4.78 is 27.3. The Bertz CT molecular complexity index is 564. The molecular weight excluding hydrogens is 258 g/mol. The molecule has 17 heavy (non-hydrogen) atoms. The molecule has 0 aliphatic carbocycles. The van der Waals surface area contributed by atoms with Gasteiger partial charge in [0.25, 0.3) is 10.0 Å². The lowest BCUT2D eigenvalue weighted by Crippen LogP contribution is -2.17. The number of fused-ring (bicyclic) bond motifs is 1. The van der Waals surface area contributed by atoms with Crippen LogP contribution < -0.4 is 0 Å². The number of aliphatic hydroxyl groups excluding tert-OH is 1. The Morgan fingerprint density at radius 3 is 2.59 bits per heavy atom. The van der Waals surface area contributed by atoms with E-state index in [-0.39, 0.29) is 10.1 Å². The number of aliphatic hydroxyl groups is 1. The third kappa shape index (κ3) is 2.38. The minimum absolute atomic E-state index is 0.102. The molecule has 1 aliphatic heterocycles. The van der Waals surface area contributed by atoms with Gasteiger partial charge in [-0.3, -0.25) is 0 Å². The maximum Gasteiger partial charge on any atom is 0.284 e. The Balaban J connectivity index is 2.39. The number of hydrogen-bond acceptors (Lipinski definition) is 4. The van der Waals surface area contributed by atoms with Crippen LogP contribution in [-0.4, -0.2) is 29.9 Å². The molecule has 0 saturated carbocycles. The summed E-state index contributed by atoms with van der Waals surface area (Å²) in [6.07, 6.45) is -0.516. The normalized spacial score (nSPS) is 20.5. The highest BCUT2D eigenvalue weighted by Gasteiger charge is 2.30. The van der Waals surface area contributed by atoms with Crippen LogP contribution in [0.1, 0.15) is 19.4 Å². The summed E-state index contributed by atoms with van der Waals surface area (Å²) in [6.45, 7) is 3.51. The van der Waals surface area contributed by atoms with Gasteiger partial charge in [0.05, 0.1) is 11.0 Å². The Morgan fingerprint density at radius 2 is 1.94 bits per heavy atom. The zero-order valence-electron chi connectivity index (χ0n) is 9.49. The number of sulfonamides is 1. The van der Waals surface area contributed by atoms with Crippen molar-refractivity contribution in [2.24, 2.45) is 4.40 Å². The molecular formula is C11H13NO3S2. The topological polar surface area (TPSA) is 66.7 Å². The van der Waals surface area contributed by atoms with Crippen molar-refractivity contribution in [1.29, 1.82) is 0 Å². The largest absolute Gasteiger partial charge is 0.392 e. The summed E-state index contributed by atoms with van der Waals surface area (Å²) in [5, 5.41) is 9.80. The van der Waals surface area contributed by atoms with Gasteiger partial charge in [0.15, 0.2) is 0 Å². The van der Waals surface area contributed by atoms with E-state index in [9.17, 15) is 13.5 Å². The number of thioether (sulfide) groups is 1. The Labute approximate surface area is 105 Å². The molecule has 1 aromatic carbocycles. The van der Waals surface area contributed by atoms with Gasteiger partial charge in [0.2, 0.25) is 0 Å². The summed E-state index contributed by atoms with van der Waals surface area (Å²) in [5.41, 5.74) is 0.630. The van der Waals surface area contributed by atoms with Gasteiger partial charge in [-0.25, -0.2) is 0 Å². The van der Waals surface area contributed by atoms with E-state index in [1.807, 2.05) is 6.92 Å². The molecule has 1 N–H and O–H groups in total. The van der Waals surface area contributed by atoms with Crippen LogP contribution in [0.15, 0.2) is 33.6 Å². The summed E-state index contributed by atoms with van der Waals surface area (Å²) >= 11 is 1.28. The van der Waals surface area contributed by atoms with Crippen LogP contribution in [0, 0.1) is 0 Å². The van der Waals surface area contributed by atoms with Crippen LogP contribution in [-0.2, 0) is 10.0 Å². The molecule has 0 saturated heterocycles. The maximum atomic E-state index is 11.8. The highest BCUT2D eigenvalue weighted by Crippen LogP contribution is 2.32. The van der Waals surface area contributed by atoms with Gasteiger partial charge in [0, 0.05) is 10.8 Å². The van der Waals surface area contributed by atoms with Crippen molar-refractivity contribution in [1.82, 2.24) is 0 Å². The van der Waals surface area contributed by atoms with Crippen molar-refractivity contribution in [2.45, 2.75) is 30.1 Å². The van der Waals surface area contributed by atoms with Gasteiger partial charge in [0.1, 0.15) is 5.04 Å². The molecule has 6 heteroatoms. The van der Waals surface area contributed by atoms with E-state index in [0.29, 0.717) is 10.6 Å². The molecule has 2 rings (SSSR count). The predicted molar refractivity (Wildman–Crippen MR) is 68.9 cm³/mol. The van der Waals surface area contributed by atoms with E-state index in [1.165, 1.54) is 11.8 Å². The highest BCUT2D eigenvalue weighted by molar-refractivity contribution is 8.16. The lowest BCUT2D eigenvalue weighted by atomic mass is 10.2. The Kier molecular flexibility index (Phi) is 3.29. The molecule has 0 amide bonds. The molecule has 0 aromatic heterocycles. The average molecular weight is 271 g/mol. The van der Waals surface area contributed by atoms with Crippen molar-refractivity contribution in [3.8, 4) is 0 Å². The van der Waals surface area contributed by atoms with E-state index < -0.39 is 16.1 Å². The molecule has 1 aromatic rings. The summed E-state index contributed by atoms with van der Waals surface area (Å²) in [4.78, 5) is 0.250. The van der Waals surface area contributed by atoms with Crippen LogP contribution in [0.5, 0.6) is 0 Å². The monoisotopic (exact) mass is 271 g/mol. The first-order valence-corrected chi connectivity index (χ1v) is 7.53. The van der Waals surface area contributed by atoms with E-state index >= 15 is 0 Å². The molecule has 2 unspecified atom stereocenters. The zero-order valence-corrected chi connectivity index (χ0v) is 11.1. The molecule has 1 heterocycles.